The van der Waals surface area contributed by atoms with Gasteiger partial charge in [0.25, 0.3) is 0 Å². The number of hydrogen-bond acceptors (Lipinski definition) is 3. The first-order valence-corrected chi connectivity index (χ1v) is 6.42. The number of halogens is 1. The minimum absolute atomic E-state index is 0.0224. The third kappa shape index (κ3) is 1.72. The quantitative estimate of drug-likeness (QED) is 0.788. The van der Waals surface area contributed by atoms with Gasteiger partial charge in [0.15, 0.2) is 0 Å². The molecule has 3 nitrogen and oxygen atoms in total. The van der Waals surface area contributed by atoms with Crippen molar-refractivity contribution in [2.75, 3.05) is 7.11 Å². The smallest absolute Gasteiger partial charge is 0.202 e. The highest BCUT2D eigenvalue weighted by molar-refractivity contribution is 9.12. The van der Waals surface area contributed by atoms with E-state index in [4.69, 9.17) is 9.47 Å². The summed E-state index contributed by atoms with van der Waals surface area (Å²) in [4.78, 5) is 12.0. The second-order valence-electron chi connectivity index (χ2n) is 4.18. The van der Waals surface area contributed by atoms with Crippen LogP contribution in [0.3, 0.4) is 0 Å². The molecule has 0 fully saturated rings. The van der Waals surface area contributed by atoms with Crippen LogP contribution in [0.1, 0.15) is 5.56 Å². The minimum Gasteiger partial charge on any atom is -0.497 e. The molecule has 0 radical (unpaired) electrons. The van der Waals surface area contributed by atoms with Gasteiger partial charge in [0, 0.05) is 5.57 Å². The summed E-state index contributed by atoms with van der Waals surface area (Å²) in [5.41, 5.74) is 1.85. The summed E-state index contributed by atoms with van der Waals surface area (Å²) in [6.45, 7) is 0. The molecule has 1 aromatic carbocycles. The lowest BCUT2D eigenvalue weighted by molar-refractivity contribution is -0.123. The van der Waals surface area contributed by atoms with E-state index in [0.717, 1.165) is 16.9 Å². The van der Waals surface area contributed by atoms with Gasteiger partial charge in [-0.2, -0.15) is 0 Å². The van der Waals surface area contributed by atoms with E-state index in [2.05, 4.69) is 15.9 Å². The van der Waals surface area contributed by atoms with E-state index in [1.165, 1.54) is 0 Å². The van der Waals surface area contributed by atoms with Crippen molar-refractivity contribution in [2.24, 2.45) is 0 Å². The van der Waals surface area contributed by atoms with Crippen LogP contribution in [-0.2, 0) is 9.53 Å². The van der Waals surface area contributed by atoms with E-state index in [1.807, 2.05) is 36.4 Å². The summed E-state index contributed by atoms with van der Waals surface area (Å²) in [7, 11) is 1.63. The van der Waals surface area contributed by atoms with Crippen LogP contribution in [0, 0.1) is 0 Å². The molecule has 0 N–H and O–H groups in total. The number of hydrogen-bond donors (Lipinski definition) is 0. The summed E-state index contributed by atoms with van der Waals surface area (Å²) < 4.78 is 11.4. The van der Waals surface area contributed by atoms with Crippen LogP contribution in [0.2, 0.25) is 0 Å². The topological polar surface area (TPSA) is 35.5 Å². The molecule has 2 atom stereocenters. The monoisotopic (exact) mass is 306 g/mol. The second-order valence-corrected chi connectivity index (χ2v) is 4.98. The summed E-state index contributed by atoms with van der Waals surface area (Å²) in [5, 5.41) is 0. The zero-order valence-corrected chi connectivity index (χ0v) is 11.3. The van der Waals surface area contributed by atoms with E-state index >= 15 is 0 Å². The number of ketones is 1. The van der Waals surface area contributed by atoms with Crippen molar-refractivity contribution in [3.63, 3.8) is 0 Å². The molecule has 92 valence electrons. The number of fused-ring (bicyclic) bond motifs is 2. The Balaban J connectivity index is 2.06. The summed E-state index contributed by atoms with van der Waals surface area (Å²) in [6.07, 6.45) is 3.17. The molecule has 2 aliphatic rings. The van der Waals surface area contributed by atoms with Crippen LogP contribution in [0.5, 0.6) is 5.75 Å². The summed E-state index contributed by atoms with van der Waals surface area (Å²) >= 11 is 3.39. The highest BCUT2D eigenvalue weighted by Crippen LogP contribution is 2.38. The van der Waals surface area contributed by atoms with Crippen molar-refractivity contribution in [3.05, 3.63) is 46.5 Å². The molecule has 0 spiro atoms. The SMILES string of the molecule is COc1ccc(C2=C(Br)C(=O)[C@@H]3C=C[C@H]2O3)cc1. The van der Waals surface area contributed by atoms with E-state index in [9.17, 15) is 4.79 Å². The highest BCUT2D eigenvalue weighted by atomic mass is 79.9. The lowest BCUT2D eigenvalue weighted by Crippen LogP contribution is -2.29. The second kappa shape index (κ2) is 4.37. The van der Waals surface area contributed by atoms with Crippen molar-refractivity contribution in [2.45, 2.75) is 12.2 Å². The molecule has 0 unspecified atom stereocenters. The van der Waals surface area contributed by atoms with E-state index in [-0.39, 0.29) is 11.9 Å². The molecule has 2 heterocycles. The number of methoxy groups -OCH3 is 1. The first-order chi connectivity index (χ1) is 8.70. The molecular weight excluding hydrogens is 296 g/mol. The molecule has 1 aromatic rings. The maximum atomic E-state index is 12.0. The average Bonchev–Trinajstić information content (AvgIpc) is 2.83. The average molecular weight is 307 g/mol. The van der Waals surface area contributed by atoms with Crippen molar-refractivity contribution >= 4 is 27.3 Å². The van der Waals surface area contributed by atoms with Gasteiger partial charge in [-0.1, -0.05) is 18.2 Å². The molecule has 2 bridgehead atoms. The number of ether oxygens (including phenoxy) is 2. The van der Waals surface area contributed by atoms with Crippen LogP contribution in [0.15, 0.2) is 40.9 Å². The fraction of sp³-hybridized carbons (Fsp3) is 0.214. The van der Waals surface area contributed by atoms with Crippen molar-refractivity contribution in [1.82, 2.24) is 0 Å². The zero-order valence-electron chi connectivity index (χ0n) is 9.72. The maximum Gasteiger partial charge on any atom is 0.202 e. The van der Waals surface area contributed by atoms with Gasteiger partial charge in [0.2, 0.25) is 5.78 Å². The first-order valence-electron chi connectivity index (χ1n) is 5.63. The molecule has 4 heteroatoms. The number of benzene rings is 1. The van der Waals surface area contributed by atoms with Gasteiger partial charge in [-0.25, -0.2) is 0 Å². The molecule has 0 aliphatic carbocycles. The minimum atomic E-state index is -0.425. The van der Waals surface area contributed by atoms with Gasteiger partial charge >= 0.3 is 0 Å². The third-order valence-electron chi connectivity index (χ3n) is 3.15. The number of carbonyl (C=O) groups excluding carboxylic acids is 1. The molecule has 2 aliphatic heterocycles. The Kier molecular flexibility index (Phi) is 2.84. The summed E-state index contributed by atoms with van der Waals surface area (Å²) in [5.74, 6) is 0.768. The highest BCUT2D eigenvalue weighted by Gasteiger charge is 2.37. The third-order valence-corrected chi connectivity index (χ3v) is 3.97. The molecule has 0 aromatic heterocycles. The maximum absolute atomic E-state index is 12.0. The molecule has 0 saturated heterocycles. The predicted molar refractivity (Wildman–Crippen MR) is 71.6 cm³/mol. The number of carbonyl (C=O) groups is 1. The summed E-state index contributed by atoms with van der Waals surface area (Å²) in [6, 6.07) is 7.60. The Morgan fingerprint density at radius 3 is 2.50 bits per heavy atom. The van der Waals surface area contributed by atoms with Gasteiger partial charge in [0.1, 0.15) is 18.0 Å². The van der Waals surface area contributed by atoms with Crippen molar-refractivity contribution < 1.29 is 14.3 Å². The van der Waals surface area contributed by atoms with Gasteiger partial charge in [0.05, 0.1) is 11.6 Å². The van der Waals surface area contributed by atoms with Crippen LogP contribution < -0.4 is 4.74 Å². The number of rotatable bonds is 2. The number of Topliss-reactive ketones (excluding diaryl/α,β-unsaturated/α-hetero) is 1. The van der Waals surface area contributed by atoms with E-state index in [1.54, 1.807) is 7.11 Å². The normalized spacial score (nSPS) is 25.8. The van der Waals surface area contributed by atoms with Crippen LogP contribution >= 0.6 is 15.9 Å². The Bertz CT molecular complexity index is 557. The largest absolute Gasteiger partial charge is 0.497 e. The lowest BCUT2D eigenvalue weighted by Gasteiger charge is -2.24. The Morgan fingerprint density at radius 1 is 1.17 bits per heavy atom. The van der Waals surface area contributed by atoms with Crippen LogP contribution in [0.25, 0.3) is 5.57 Å². The predicted octanol–water partition coefficient (Wildman–Crippen LogP) is 2.71. The van der Waals surface area contributed by atoms with E-state index < -0.39 is 6.10 Å². The molecule has 3 rings (SSSR count). The first kappa shape index (κ1) is 11.7. The van der Waals surface area contributed by atoms with Gasteiger partial charge < -0.3 is 9.47 Å². The Labute approximate surface area is 113 Å². The van der Waals surface area contributed by atoms with Crippen molar-refractivity contribution in [3.8, 4) is 5.75 Å². The van der Waals surface area contributed by atoms with Gasteiger partial charge in [-0.15, -0.1) is 0 Å². The molecule has 0 amide bonds. The Hall–Kier alpha value is -1.39. The molecule has 0 saturated carbocycles. The fourth-order valence-electron chi connectivity index (χ4n) is 2.21. The zero-order chi connectivity index (χ0) is 12.7. The Morgan fingerprint density at radius 2 is 1.83 bits per heavy atom. The molecular formula is C14H11BrO3. The van der Waals surface area contributed by atoms with Crippen LogP contribution in [-0.4, -0.2) is 25.1 Å². The lowest BCUT2D eigenvalue weighted by atomic mass is 9.98. The van der Waals surface area contributed by atoms with Crippen molar-refractivity contribution in [1.29, 1.82) is 0 Å². The molecule has 18 heavy (non-hydrogen) atoms. The van der Waals surface area contributed by atoms with Gasteiger partial charge in [-0.3, -0.25) is 4.79 Å². The van der Waals surface area contributed by atoms with Gasteiger partial charge in [-0.05, 0) is 39.7 Å². The van der Waals surface area contributed by atoms with Crippen LogP contribution in [0.4, 0.5) is 0 Å². The standard InChI is InChI=1S/C14H11BrO3/c1-17-9-4-2-8(3-5-9)12-10-6-7-11(18-10)14(16)13(12)15/h2-7,10-11H,1H3/t10-,11+/m1/s1. The fourth-order valence-corrected chi connectivity index (χ4v) is 2.89. The van der Waals surface area contributed by atoms with E-state index in [0.29, 0.717) is 4.48 Å².